The molecule has 1 unspecified atom stereocenters. The first-order chi connectivity index (χ1) is 10.2. The van der Waals surface area contributed by atoms with Crippen LogP contribution < -0.4 is 10.1 Å². The monoisotopic (exact) mass is 294 g/mol. The van der Waals surface area contributed by atoms with Crippen molar-refractivity contribution in [3.05, 3.63) is 28.3 Å². The van der Waals surface area contributed by atoms with Gasteiger partial charge in [0, 0.05) is 31.0 Å². The maximum Gasteiger partial charge on any atom is 0.275 e. The Kier molecular flexibility index (Phi) is 5.80. The van der Waals surface area contributed by atoms with Gasteiger partial charge in [0.1, 0.15) is 5.75 Å². The van der Waals surface area contributed by atoms with E-state index in [1.807, 2.05) is 6.92 Å². The lowest BCUT2D eigenvalue weighted by Crippen LogP contribution is -2.26. The predicted octanol–water partition coefficient (Wildman–Crippen LogP) is 3.36. The summed E-state index contributed by atoms with van der Waals surface area (Å²) in [7, 11) is 0. The van der Waals surface area contributed by atoms with Gasteiger partial charge in [0.05, 0.1) is 23.7 Å². The highest BCUT2D eigenvalue weighted by molar-refractivity contribution is 5.56. The summed E-state index contributed by atoms with van der Waals surface area (Å²) in [6.45, 7) is 4.00. The molecule has 0 saturated carbocycles. The highest BCUT2D eigenvalue weighted by Gasteiger charge is 2.15. The Morgan fingerprint density at radius 3 is 2.95 bits per heavy atom. The summed E-state index contributed by atoms with van der Waals surface area (Å²) < 4.78 is 11.1. The average Bonchev–Trinajstić information content (AvgIpc) is 2.51. The van der Waals surface area contributed by atoms with Crippen molar-refractivity contribution in [2.45, 2.75) is 38.7 Å². The molecule has 1 atom stereocenters. The minimum absolute atomic E-state index is 0.0377. The predicted molar refractivity (Wildman–Crippen MR) is 81.0 cm³/mol. The van der Waals surface area contributed by atoms with Gasteiger partial charge >= 0.3 is 0 Å². The Labute approximate surface area is 124 Å². The van der Waals surface area contributed by atoms with Crippen LogP contribution in [0.3, 0.4) is 0 Å². The van der Waals surface area contributed by atoms with E-state index < -0.39 is 4.92 Å². The molecule has 0 aromatic heterocycles. The third kappa shape index (κ3) is 4.90. The van der Waals surface area contributed by atoms with E-state index in [2.05, 4.69) is 5.32 Å². The molecule has 1 aliphatic rings. The molecular formula is C15H22N2O4. The summed E-state index contributed by atoms with van der Waals surface area (Å²) in [5.74, 6) is 0.526. The van der Waals surface area contributed by atoms with Crippen molar-refractivity contribution in [3.63, 3.8) is 0 Å². The maximum atomic E-state index is 11.0. The van der Waals surface area contributed by atoms with Gasteiger partial charge in [-0.25, -0.2) is 0 Å². The SMILES string of the molecule is CCCOc1cc(NCC2CCCCO2)cc([N+](=O)[O-])c1. The number of benzene rings is 1. The zero-order valence-electron chi connectivity index (χ0n) is 12.3. The molecule has 0 amide bonds. The molecule has 1 fully saturated rings. The first-order valence-electron chi connectivity index (χ1n) is 7.47. The number of nitro groups is 1. The van der Waals surface area contributed by atoms with Crippen molar-refractivity contribution in [1.29, 1.82) is 0 Å². The highest BCUT2D eigenvalue weighted by Crippen LogP contribution is 2.26. The van der Waals surface area contributed by atoms with Crippen molar-refractivity contribution in [1.82, 2.24) is 0 Å². The van der Waals surface area contributed by atoms with Crippen LogP contribution in [0.2, 0.25) is 0 Å². The molecule has 6 nitrogen and oxygen atoms in total. The van der Waals surface area contributed by atoms with Crippen LogP contribution in [0.25, 0.3) is 0 Å². The first-order valence-corrected chi connectivity index (χ1v) is 7.47. The molecule has 21 heavy (non-hydrogen) atoms. The zero-order chi connectivity index (χ0) is 15.1. The number of non-ortho nitro benzene ring substituents is 1. The second kappa shape index (κ2) is 7.83. The molecule has 1 aromatic carbocycles. The number of rotatable bonds is 7. The number of hydrogen-bond acceptors (Lipinski definition) is 5. The second-order valence-corrected chi connectivity index (χ2v) is 5.19. The van der Waals surface area contributed by atoms with E-state index in [9.17, 15) is 10.1 Å². The summed E-state index contributed by atoms with van der Waals surface area (Å²) in [4.78, 5) is 10.6. The van der Waals surface area contributed by atoms with Crippen LogP contribution >= 0.6 is 0 Å². The summed E-state index contributed by atoms with van der Waals surface area (Å²) >= 11 is 0. The van der Waals surface area contributed by atoms with Gasteiger partial charge in [-0.1, -0.05) is 6.92 Å². The van der Waals surface area contributed by atoms with E-state index in [1.165, 1.54) is 18.6 Å². The number of hydrogen-bond donors (Lipinski definition) is 1. The lowest BCUT2D eigenvalue weighted by atomic mass is 10.1. The van der Waals surface area contributed by atoms with Gasteiger partial charge in [-0.05, 0) is 25.7 Å². The van der Waals surface area contributed by atoms with Gasteiger partial charge in [0.25, 0.3) is 5.69 Å². The molecule has 0 aliphatic carbocycles. The van der Waals surface area contributed by atoms with Crippen LogP contribution in [0.1, 0.15) is 32.6 Å². The Morgan fingerprint density at radius 2 is 2.29 bits per heavy atom. The number of nitrogens with one attached hydrogen (secondary N) is 1. The topological polar surface area (TPSA) is 73.6 Å². The van der Waals surface area contributed by atoms with Crippen LogP contribution in [-0.2, 0) is 4.74 Å². The summed E-state index contributed by atoms with van der Waals surface area (Å²) in [5, 5.41) is 14.2. The molecule has 1 aromatic rings. The van der Waals surface area contributed by atoms with Crippen molar-refractivity contribution in [2.75, 3.05) is 25.1 Å². The van der Waals surface area contributed by atoms with Crippen molar-refractivity contribution in [3.8, 4) is 5.75 Å². The standard InChI is InChI=1S/C15H22N2O4/c1-2-6-20-15-9-12(8-13(10-15)17(18)19)16-11-14-5-3-4-7-21-14/h8-10,14,16H,2-7,11H2,1H3. The third-order valence-corrected chi connectivity index (χ3v) is 3.38. The Hall–Kier alpha value is -1.82. The summed E-state index contributed by atoms with van der Waals surface area (Å²) in [6, 6.07) is 4.78. The summed E-state index contributed by atoms with van der Waals surface area (Å²) in [6.07, 6.45) is 4.36. The smallest absolute Gasteiger partial charge is 0.275 e. The van der Waals surface area contributed by atoms with Gasteiger partial charge in [0.2, 0.25) is 0 Å². The van der Waals surface area contributed by atoms with E-state index in [4.69, 9.17) is 9.47 Å². The quantitative estimate of drug-likeness (QED) is 0.616. The number of ether oxygens (including phenoxy) is 2. The van der Waals surface area contributed by atoms with Crippen LogP contribution in [0.15, 0.2) is 18.2 Å². The molecule has 1 N–H and O–H groups in total. The Balaban J connectivity index is 2.02. The molecule has 0 spiro atoms. The number of nitro benzene ring substituents is 1. The van der Waals surface area contributed by atoms with E-state index >= 15 is 0 Å². The van der Waals surface area contributed by atoms with Gasteiger partial charge in [0.15, 0.2) is 0 Å². The molecule has 0 radical (unpaired) electrons. The highest BCUT2D eigenvalue weighted by atomic mass is 16.6. The van der Waals surface area contributed by atoms with Crippen LogP contribution in [0.5, 0.6) is 5.75 Å². The zero-order valence-corrected chi connectivity index (χ0v) is 12.3. The second-order valence-electron chi connectivity index (χ2n) is 5.19. The van der Waals surface area contributed by atoms with E-state index in [0.717, 1.165) is 25.9 Å². The third-order valence-electron chi connectivity index (χ3n) is 3.38. The Morgan fingerprint density at radius 1 is 1.43 bits per heavy atom. The minimum Gasteiger partial charge on any atom is -0.493 e. The fraction of sp³-hybridized carbons (Fsp3) is 0.600. The van der Waals surface area contributed by atoms with Crippen molar-refractivity contribution in [2.24, 2.45) is 0 Å². The maximum absolute atomic E-state index is 11.0. The van der Waals surface area contributed by atoms with Crippen LogP contribution in [-0.4, -0.2) is 30.8 Å². The fourth-order valence-electron chi connectivity index (χ4n) is 2.29. The Bertz CT molecular complexity index is 473. The van der Waals surface area contributed by atoms with Crippen molar-refractivity contribution < 1.29 is 14.4 Å². The number of anilines is 1. The van der Waals surface area contributed by atoms with Crippen molar-refractivity contribution >= 4 is 11.4 Å². The van der Waals surface area contributed by atoms with Gasteiger partial charge in [-0.2, -0.15) is 0 Å². The average molecular weight is 294 g/mol. The van der Waals surface area contributed by atoms with Gasteiger partial charge in [-0.15, -0.1) is 0 Å². The molecule has 6 heteroatoms. The minimum atomic E-state index is -0.402. The lowest BCUT2D eigenvalue weighted by Gasteiger charge is -2.23. The fourth-order valence-corrected chi connectivity index (χ4v) is 2.29. The molecule has 116 valence electrons. The van der Waals surface area contributed by atoms with E-state index in [1.54, 1.807) is 6.07 Å². The molecule has 2 rings (SSSR count). The van der Waals surface area contributed by atoms with E-state index in [0.29, 0.717) is 24.6 Å². The van der Waals surface area contributed by atoms with Crippen LogP contribution in [0, 0.1) is 10.1 Å². The lowest BCUT2D eigenvalue weighted by molar-refractivity contribution is -0.384. The van der Waals surface area contributed by atoms with Crippen LogP contribution in [0.4, 0.5) is 11.4 Å². The normalized spacial score (nSPS) is 18.2. The first kappa shape index (κ1) is 15.6. The molecule has 0 bridgehead atoms. The molecule has 1 aliphatic heterocycles. The van der Waals surface area contributed by atoms with Gasteiger partial charge in [-0.3, -0.25) is 10.1 Å². The molecular weight excluding hydrogens is 272 g/mol. The molecule has 1 heterocycles. The van der Waals surface area contributed by atoms with Gasteiger partial charge < -0.3 is 14.8 Å². The largest absolute Gasteiger partial charge is 0.493 e. The summed E-state index contributed by atoms with van der Waals surface area (Å²) in [5.41, 5.74) is 0.736. The molecule has 1 saturated heterocycles. The number of nitrogens with zero attached hydrogens (tertiary/aromatic N) is 1. The van der Waals surface area contributed by atoms with E-state index in [-0.39, 0.29) is 11.8 Å².